The molecule has 1 aliphatic heterocycles. The van der Waals surface area contributed by atoms with E-state index in [2.05, 4.69) is 10.3 Å². The van der Waals surface area contributed by atoms with Crippen molar-refractivity contribution < 1.29 is 9.59 Å². The number of hydrogen-bond donors (Lipinski definition) is 1. The average molecular weight is 429 g/mol. The van der Waals surface area contributed by atoms with Gasteiger partial charge in [0.15, 0.2) is 0 Å². The minimum Gasteiger partial charge on any atom is -0.339 e. The molecule has 0 saturated carbocycles. The van der Waals surface area contributed by atoms with E-state index in [1.165, 1.54) is 16.2 Å². The smallest absolute Gasteiger partial charge is 0.285 e. The maximum absolute atomic E-state index is 12.8. The SMILES string of the molecule is Cc1c(C(=O)Nc2ccc(SC(=O)N(C)C)cc2)sc2nc3n(c(=O)c12)CCC3. The Balaban J connectivity index is 1.57. The lowest BCUT2D eigenvalue weighted by molar-refractivity contribution is 0.103. The lowest BCUT2D eigenvalue weighted by Gasteiger charge is -2.09. The number of nitrogens with zero attached hydrogens (tertiary/aromatic N) is 3. The molecule has 1 N–H and O–H groups in total. The number of thioether (sulfide) groups is 1. The van der Waals surface area contributed by atoms with Gasteiger partial charge in [-0.05, 0) is 54.9 Å². The number of aryl methyl sites for hydroxylation is 2. The van der Waals surface area contributed by atoms with Crippen LogP contribution in [0.25, 0.3) is 10.2 Å². The van der Waals surface area contributed by atoms with Gasteiger partial charge in [0.25, 0.3) is 16.7 Å². The summed E-state index contributed by atoms with van der Waals surface area (Å²) in [5.41, 5.74) is 1.24. The van der Waals surface area contributed by atoms with Crippen LogP contribution in [0.1, 0.15) is 27.5 Å². The molecular formula is C20H20N4O3S2. The van der Waals surface area contributed by atoms with Gasteiger partial charge in [-0.3, -0.25) is 19.0 Å². The fourth-order valence-electron chi connectivity index (χ4n) is 3.28. The van der Waals surface area contributed by atoms with Gasteiger partial charge >= 0.3 is 0 Å². The second-order valence-electron chi connectivity index (χ2n) is 7.07. The van der Waals surface area contributed by atoms with Gasteiger partial charge in [0, 0.05) is 37.6 Å². The fourth-order valence-corrected chi connectivity index (χ4v) is 5.02. The Morgan fingerprint density at radius 3 is 2.66 bits per heavy atom. The van der Waals surface area contributed by atoms with Crippen LogP contribution >= 0.6 is 23.1 Å². The monoisotopic (exact) mass is 428 g/mol. The van der Waals surface area contributed by atoms with Crippen molar-refractivity contribution in [1.29, 1.82) is 0 Å². The first-order valence-electron chi connectivity index (χ1n) is 9.18. The number of thiophene rings is 1. The number of amides is 2. The number of anilines is 1. The number of carbonyl (C=O) groups is 2. The van der Waals surface area contributed by atoms with Crippen LogP contribution < -0.4 is 10.9 Å². The van der Waals surface area contributed by atoms with Gasteiger partial charge in [0.1, 0.15) is 10.7 Å². The maximum Gasteiger partial charge on any atom is 0.285 e. The number of benzene rings is 1. The molecule has 0 bridgehead atoms. The second-order valence-corrected chi connectivity index (χ2v) is 9.09. The Morgan fingerprint density at radius 1 is 1.24 bits per heavy atom. The molecule has 1 aromatic carbocycles. The van der Waals surface area contributed by atoms with Crippen molar-refractivity contribution in [3.63, 3.8) is 0 Å². The normalized spacial score (nSPS) is 12.8. The third-order valence-corrected chi connectivity index (χ3v) is 7.03. The molecule has 29 heavy (non-hydrogen) atoms. The molecule has 1 aliphatic rings. The molecule has 7 nitrogen and oxygen atoms in total. The van der Waals surface area contributed by atoms with E-state index in [1.54, 1.807) is 49.9 Å². The highest BCUT2D eigenvalue weighted by atomic mass is 32.2. The number of carbonyl (C=O) groups excluding carboxylic acids is 2. The van der Waals surface area contributed by atoms with E-state index in [4.69, 9.17) is 0 Å². The quantitative estimate of drug-likeness (QED) is 0.643. The Kier molecular flexibility index (Phi) is 5.18. The molecular weight excluding hydrogens is 408 g/mol. The van der Waals surface area contributed by atoms with Crippen LogP contribution in [0.2, 0.25) is 0 Å². The summed E-state index contributed by atoms with van der Waals surface area (Å²) in [7, 11) is 3.40. The molecule has 3 aromatic rings. The van der Waals surface area contributed by atoms with Gasteiger partial charge in [-0.15, -0.1) is 11.3 Å². The summed E-state index contributed by atoms with van der Waals surface area (Å²) >= 11 is 2.38. The van der Waals surface area contributed by atoms with Crippen LogP contribution in [0.5, 0.6) is 0 Å². The summed E-state index contributed by atoms with van der Waals surface area (Å²) in [6.07, 6.45) is 1.73. The summed E-state index contributed by atoms with van der Waals surface area (Å²) in [6.45, 7) is 2.49. The Bertz CT molecular complexity index is 1180. The van der Waals surface area contributed by atoms with Crippen molar-refractivity contribution in [2.45, 2.75) is 31.2 Å². The van der Waals surface area contributed by atoms with Crippen LogP contribution in [0.15, 0.2) is 34.0 Å². The molecule has 0 saturated heterocycles. The summed E-state index contributed by atoms with van der Waals surface area (Å²) in [5, 5.41) is 3.35. The molecule has 150 valence electrons. The highest BCUT2D eigenvalue weighted by Crippen LogP contribution is 2.29. The van der Waals surface area contributed by atoms with Gasteiger partial charge in [-0.2, -0.15) is 0 Å². The van der Waals surface area contributed by atoms with E-state index < -0.39 is 0 Å². The van der Waals surface area contributed by atoms with E-state index >= 15 is 0 Å². The lowest BCUT2D eigenvalue weighted by atomic mass is 10.2. The molecule has 9 heteroatoms. The second kappa shape index (κ2) is 7.64. The molecule has 3 heterocycles. The van der Waals surface area contributed by atoms with Gasteiger partial charge in [0.2, 0.25) is 0 Å². The van der Waals surface area contributed by atoms with Gasteiger partial charge < -0.3 is 10.2 Å². The summed E-state index contributed by atoms with van der Waals surface area (Å²) in [5.74, 6) is 0.538. The minimum absolute atomic E-state index is 0.0535. The van der Waals surface area contributed by atoms with Crippen LogP contribution in [0.3, 0.4) is 0 Å². The zero-order valence-corrected chi connectivity index (χ0v) is 17.9. The molecule has 0 fully saturated rings. The van der Waals surface area contributed by atoms with Crippen LogP contribution in [0, 0.1) is 6.92 Å². The van der Waals surface area contributed by atoms with E-state index in [9.17, 15) is 14.4 Å². The largest absolute Gasteiger partial charge is 0.339 e. The summed E-state index contributed by atoms with van der Waals surface area (Å²) < 4.78 is 1.72. The first-order chi connectivity index (χ1) is 13.8. The van der Waals surface area contributed by atoms with Crippen LogP contribution in [0.4, 0.5) is 10.5 Å². The van der Waals surface area contributed by atoms with E-state index in [0.29, 0.717) is 32.9 Å². The van der Waals surface area contributed by atoms with Crippen molar-refractivity contribution in [1.82, 2.24) is 14.5 Å². The third kappa shape index (κ3) is 3.67. The molecule has 2 amide bonds. The molecule has 0 spiro atoms. The van der Waals surface area contributed by atoms with Crippen molar-refractivity contribution in [2.75, 3.05) is 19.4 Å². The highest BCUT2D eigenvalue weighted by molar-refractivity contribution is 8.13. The van der Waals surface area contributed by atoms with Crippen molar-refractivity contribution in [2.24, 2.45) is 0 Å². The number of fused-ring (bicyclic) bond motifs is 2. The number of rotatable bonds is 3. The molecule has 0 radical (unpaired) electrons. The van der Waals surface area contributed by atoms with Crippen LogP contribution in [-0.4, -0.2) is 39.7 Å². The number of aromatic nitrogens is 2. The molecule has 4 rings (SSSR count). The lowest BCUT2D eigenvalue weighted by Crippen LogP contribution is -2.20. The molecule has 0 aliphatic carbocycles. The average Bonchev–Trinajstić information content (AvgIpc) is 3.28. The third-order valence-electron chi connectivity index (χ3n) is 4.80. The first kappa shape index (κ1) is 19.7. The Morgan fingerprint density at radius 2 is 1.97 bits per heavy atom. The highest BCUT2D eigenvalue weighted by Gasteiger charge is 2.23. The summed E-state index contributed by atoms with van der Waals surface area (Å²) in [4.78, 5) is 45.4. The van der Waals surface area contributed by atoms with Gasteiger partial charge in [-0.25, -0.2) is 4.98 Å². The van der Waals surface area contributed by atoms with Crippen molar-refractivity contribution in [3.05, 3.63) is 50.9 Å². The van der Waals surface area contributed by atoms with Gasteiger partial charge in [0.05, 0.1) is 10.3 Å². The zero-order valence-electron chi connectivity index (χ0n) is 16.3. The van der Waals surface area contributed by atoms with Crippen molar-refractivity contribution >= 4 is 50.1 Å². The minimum atomic E-state index is -0.264. The Hall–Kier alpha value is -2.65. The van der Waals surface area contributed by atoms with E-state index in [-0.39, 0.29) is 16.7 Å². The number of nitrogens with one attached hydrogen (secondary N) is 1. The van der Waals surface area contributed by atoms with E-state index in [1.807, 2.05) is 0 Å². The number of hydrogen-bond acceptors (Lipinski definition) is 6. The standard InChI is InChI=1S/C20H20N4O3S2/c1-11-15-18(22-14-5-4-10-24(14)19(15)26)29-16(11)17(25)21-12-6-8-13(9-7-12)28-20(27)23(2)3/h6-9H,4-5,10H2,1-3H3,(H,21,25). The molecule has 0 atom stereocenters. The Labute approximate surface area is 175 Å². The predicted molar refractivity (Wildman–Crippen MR) is 116 cm³/mol. The predicted octanol–water partition coefficient (Wildman–Crippen LogP) is 3.74. The fraction of sp³-hybridized carbons (Fsp3) is 0.300. The summed E-state index contributed by atoms with van der Waals surface area (Å²) in [6, 6.07) is 7.09. The topological polar surface area (TPSA) is 84.3 Å². The first-order valence-corrected chi connectivity index (χ1v) is 10.8. The van der Waals surface area contributed by atoms with E-state index in [0.717, 1.165) is 35.3 Å². The van der Waals surface area contributed by atoms with Crippen LogP contribution in [-0.2, 0) is 13.0 Å². The van der Waals surface area contributed by atoms with Gasteiger partial charge in [-0.1, -0.05) is 0 Å². The molecule has 2 aromatic heterocycles. The van der Waals surface area contributed by atoms with Crippen molar-refractivity contribution in [3.8, 4) is 0 Å². The molecule has 0 unspecified atom stereocenters. The zero-order chi connectivity index (χ0) is 20.7. The maximum atomic E-state index is 12.8.